The lowest BCUT2D eigenvalue weighted by Gasteiger charge is -2.45. The maximum Gasteiger partial charge on any atom is 0.255 e. The van der Waals surface area contributed by atoms with Crippen LogP contribution in [0.2, 0.25) is 0 Å². The van der Waals surface area contributed by atoms with Crippen LogP contribution >= 0.6 is 0 Å². The van der Waals surface area contributed by atoms with Crippen LogP contribution in [0.4, 0.5) is 0 Å². The molecule has 4 rings (SSSR count). The SMILES string of the molecule is Cc1ccc(O)c2c1C[C@H]1C[C@H]3CC(O)=C(C(N)=O)C(=O)[C@@]3(O)C(O)=C1C2=O. The summed E-state index contributed by atoms with van der Waals surface area (Å²) in [5.74, 6) is -6.12. The van der Waals surface area contributed by atoms with Crippen LogP contribution in [0, 0.1) is 18.8 Å². The van der Waals surface area contributed by atoms with Crippen molar-refractivity contribution >= 4 is 17.5 Å². The average molecular weight is 385 g/mol. The zero-order chi connectivity index (χ0) is 20.5. The first kappa shape index (κ1) is 18.2. The fourth-order valence-corrected chi connectivity index (χ4v) is 4.77. The number of Topliss-reactive ketones (excluding diaryl/α,β-unsaturated/α-hetero) is 2. The summed E-state index contributed by atoms with van der Waals surface area (Å²) < 4.78 is 0. The highest BCUT2D eigenvalue weighted by atomic mass is 16.3. The van der Waals surface area contributed by atoms with E-state index >= 15 is 0 Å². The second kappa shape index (κ2) is 5.68. The van der Waals surface area contributed by atoms with E-state index in [1.54, 1.807) is 13.0 Å². The van der Waals surface area contributed by atoms with Gasteiger partial charge in [-0.1, -0.05) is 6.07 Å². The first-order valence-electron chi connectivity index (χ1n) is 8.87. The number of benzene rings is 1. The van der Waals surface area contributed by atoms with E-state index in [-0.39, 0.29) is 29.7 Å². The molecule has 0 spiro atoms. The molecule has 0 heterocycles. The van der Waals surface area contributed by atoms with Gasteiger partial charge in [0.15, 0.2) is 11.4 Å². The lowest BCUT2D eigenvalue weighted by atomic mass is 9.60. The van der Waals surface area contributed by atoms with Crippen molar-refractivity contribution in [2.24, 2.45) is 17.6 Å². The van der Waals surface area contributed by atoms with Gasteiger partial charge in [-0.05, 0) is 42.9 Å². The molecular formula is C20H19NO7. The number of primary amides is 1. The molecule has 6 N–H and O–H groups in total. The number of aliphatic hydroxyl groups excluding tert-OH is 2. The molecule has 0 saturated carbocycles. The molecule has 3 atom stereocenters. The van der Waals surface area contributed by atoms with Crippen molar-refractivity contribution in [2.75, 3.05) is 0 Å². The minimum Gasteiger partial charge on any atom is -0.511 e. The van der Waals surface area contributed by atoms with E-state index in [9.17, 15) is 34.8 Å². The number of aromatic hydroxyl groups is 1. The Morgan fingerprint density at radius 1 is 1.18 bits per heavy atom. The van der Waals surface area contributed by atoms with Crippen LogP contribution < -0.4 is 5.73 Å². The van der Waals surface area contributed by atoms with Crippen LogP contribution in [0.3, 0.4) is 0 Å². The van der Waals surface area contributed by atoms with Gasteiger partial charge in [-0.25, -0.2) is 0 Å². The normalized spacial score (nSPS) is 29.4. The van der Waals surface area contributed by atoms with Crippen LogP contribution in [0.1, 0.15) is 34.3 Å². The lowest BCUT2D eigenvalue weighted by Crippen LogP contribution is -2.57. The van der Waals surface area contributed by atoms with Crippen LogP contribution in [0.25, 0.3) is 0 Å². The maximum absolute atomic E-state index is 13.1. The first-order valence-corrected chi connectivity index (χ1v) is 8.87. The van der Waals surface area contributed by atoms with Crippen molar-refractivity contribution in [3.8, 4) is 5.75 Å². The number of fused-ring (bicyclic) bond motifs is 3. The number of hydrogen-bond acceptors (Lipinski definition) is 7. The summed E-state index contributed by atoms with van der Waals surface area (Å²) in [6.45, 7) is 1.80. The third kappa shape index (κ3) is 2.12. The van der Waals surface area contributed by atoms with Gasteiger partial charge in [-0.2, -0.15) is 0 Å². The Morgan fingerprint density at radius 3 is 2.50 bits per heavy atom. The third-order valence-electron chi connectivity index (χ3n) is 6.18. The van der Waals surface area contributed by atoms with Gasteiger partial charge in [0.1, 0.15) is 22.8 Å². The summed E-state index contributed by atoms with van der Waals surface area (Å²) in [6, 6.07) is 3.06. The van der Waals surface area contributed by atoms with Crippen molar-refractivity contribution in [2.45, 2.75) is 31.8 Å². The Hall–Kier alpha value is -3.13. The molecule has 0 radical (unpaired) electrons. The monoisotopic (exact) mass is 385 g/mol. The largest absolute Gasteiger partial charge is 0.511 e. The van der Waals surface area contributed by atoms with Crippen LogP contribution in [-0.2, 0) is 16.0 Å². The van der Waals surface area contributed by atoms with E-state index < -0.39 is 52.0 Å². The second-order valence-electron chi connectivity index (χ2n) is 7.67. The molecule has 0 aliphatic heterocycles. The quantitative estimate of drug-likeness (QED) is 0.449. The summed E-state index contributed by atoms with van der Waals surface area (Å²) in [5.41, 5.74) is 3.20. The number of phenols is 1. The Bertz CT molecular complexity index is 1040. The minimum absolute atomic E-state index is 0.0385. The van der Waals surface area contributed by atoms with E-state index in [2.05, 4.69) is 0 Å². The number of carbonyl (C=O) groups excluding carboxylic acids is 3. The van der Waals surface area contributed by atoms with E-state index in [1.807, 2.05) is 0 Å². The van der Waals surface area contributed by atoms with Gasteiger partial charge >= 0.3 is 0 Å². The van der Waals surface area contributed by atoms with Gasteiger partial charge in [0.05, 0.1) is 5.56 Å². The van der Waals surface area contributed by atoms with E-state index in [1.165, 1.54) is 6.07 Å². The number of aliphatic hydroxyl groups is 3. The smallest absolute Gasteiger partial charge is 0.255 e. The summed E-state index contributed by atoms with van der Waals surface area (Å²) in [6.07, 6.45) is 0.237. The predicted molar refractivity (Wildman–Crippen MR) is 95.6 cm³/mol. The molecule has 1 aromatic carbocycles. The average Bonchev–Trinajstić information content (AvgIpc) is 2.61. The summed E-state index contributed by atoms with van der Waals surface area (Å²) in [7, 11) is 0. The molecule has 0 fully saturated rings. The van der Waals surface area contributed by atoms with Gasteiger partial charge in [0.25, 0.3) is 5.91 Å². The Morgan fingerprint density at radius 2 is 1.86 bits per heavy atom. The second-order valence-corrected chi connectivity index (χ2v) is 7.67. The minimum atomic E-state index is -2.52. The standard InChI is InChI=1S/C20H19NO7/c1-7-2-3-11(22)14-10(7)5-8-4-9-6-12(23)15(19(21)27)18(26)20(9,28)17(25)13(8)16(14)24/h2-3,8-9,22-23,25,28H,4-6H2,1H3,(H2,21,27)/t8-,9+,20+/m1/s1. The summed E-state index contributed by atoms with van der Waals surface area (Å²) in [4.78, 5) is 37.4. The molecule has 0 bridgehead atoms. The number of amides is 1. The Kier molecular flexibility index (Phi) is 3.70. The van der Waals surface area contributed by atoms with Crippen LogP contribution in [-0.4, -0.2) is 43.5 Å². The van der Waals surface area contributed by atoms with E-state index in [0.29, 0.717) is 12.0 Å². The zero-order valence-electron chi connectivity index (χ0n) is 15.0. The van der Waals surface area contributed by atoms with E-state index in [0.717, 1.165) is 5.56 Å². The van der Waals surface area contributed by atoms with Crippen LogP contribution in [0.5, 0.6) is 5.75 Å². The molecule has 3 aliphatic carbocycles. The number of ketones is 2. The molecule has 0 unspecified atom stereocenters. The molecule has 0 aromatic heterocycles. The summed E-state index contributed by atoms with van der Waals surface area (Å²) >= 11 is 0. The number of phenolic OH excluding ortho intramolecular Hbond substituents is 1. The fraction of sp³-hybridized carbons (Fsp3) is 0.350. The molecule has 8 nitrogen and oxygen atoms in total. The molecule has 8 heteroatoms. The highest BCUT2D eigenvalue weighted by Crippen LogP contribution is 2.51. The van der Waals surface area contributed by atoms with Gasteiger partial charge in [-0.3, -0.25) is 14.4 Å². The number of aryl methyl sites for hydroxylation is 1. The van der Waals surface area contributed by atoms with Crippen molar-refractivity contribution in [3.63, 3.8) is 0 Å². The summed E-state index contributed by atoms with van der Waals surface area (Å²) in [5, 5.41) is 42.1. The fourth-order valence-electron chi connectivity index (χ4n) is 4.77. The van der Waals surface area contributed by atoms with Gasteiger partial charge < -0.3 is 26.2 Å². The molecule has 0 saturated heterocycles. The van der Waals surface area contributed by atoms with Gasteiger partial charge in [0, 0.05) is 17.9 Å². The zero-order valence-corrected chi connectivity index (χ0v) is 15.0. The van der Waals surface area contributed by atoms with Gasteiger partial charge in [-0.15, -0.1) is 0 Å². The predicted octanol–water partition coefficient (Wildman–Crippen LogP) is 0.889. The van der Waals surface area contributed by atoms with Crippen molar-refractivity contribution in [3.05, 3.63) is 51.5 Å². The number of rotatable bonds is 1. The topological polar surface area (TPSA) is 158 Å². The molecule has 3 aliphatic rings. The van der Waals surface area contributed by atoms with Crippen molar-refractivity contribution in [1.29, 1.82) is 0 Å². The lowest BCUT2D eigenvalue weighted by molar-refractivity contribution is -0.144. The first-order chi connectivity index (χ1) is 13.1. The number of carbonyl (C=O) groups is 3. The number of allylic oxidation sites excluding steroid dienone is 2. The maximum atomic E-state index is 13.1. The third-order valence-corrected chi connectivity index (χ3v) is 6.18. The van der Waals surface area contributed by atoms with E-state index in [4.69, 9.17) is 5.73 Å². The molecule has 28 heavy (non-hydrogen) atoms. The molecule has 146 valence electrons. The molecule has 1 aromatic rings. The van der Waals surface area contributed by atoms with Crippen molar-refractivity contribution in [1.82, 2.24) is 0 Å². The molecule has 1 amide bonds. The Balaban J connectivity index is 1.93. The van der Waals surface area contributed by atoms with Crippen molar-refractivity contribution < 1.29 is 34.8 Å². The number of nitrogens with two attached hydrogens (primary N) is 1. The van der Waals surface area contributed by atoms with Crippen LogP contribution in [0.15, 0.2) is 34.8 Å². The Labute approximate surface area is 159 Å². The highest BCUT2D eigenvalue weighted by molar-refractivity contribution is 6.24. The molecular weight excluding hydrogens is 366 g/mol. The highest BCUT2D eigenvalue weighted by Gasteiger charge is 2.59. The number of hydrogen-bond donors (Lipinski definition) is 5. The van der Waals surface area contributed by atoms with Gasteiger partial charge in [0.2, 0.25) is 5.78 Å².